The van der Waals surface area contributed by atoms with Crippen LogP contribution in [0.25, 0.3) is 0 Å². The molecule has 0 heterocycles. The third kappa shape index (κ3) is 2.95. The van der Waals surface area contributed by atoms with E-state index < -0.39 is 11.7 Å². The van der Waals surface area contributed by atoms with E-state index in [4.69, 9.17) is 0 Å². The van der Waals surface area contributed by atoms with Crippen LogP contribution in [0.4, 0.5) is 13.2 Å². The van der Waals surface area contributed by atoms with Crippen molar-refractivity contribution >= 4 is 0 Å². The molecular formula is C9H11F3. The van der Waals surface area contributed by atoms with E-state index in [1.54, 1.807) is 13.8 Å². The van der Waals surface area contributed by atoms with Gasteiger partial charge in [0.15, 0.2) is 0 Å². The number of rotatable bonds is 3. The molecule has 0 amide bonds. The lowest BCUT2D eigenvalue weighted by Crippen LogP contribution is -1.96. The second-order valence-electron chi connectivity index (χ2n) is 2.61. The van der Waals surface area contributed by atoms with Crippen molar-refractivity contribution < 1.29 is 13.2 Å². The van der Waals surface area contributed by atoms with Crippen molar-refractivity contribution in [1.82, 2.24) is 0 Å². The fourth-order valence-electron chi connectivity index (χ4n) is 0.864. The second-order valence-corrected chi connectivity index (χ2v) is 2.61. The number of halogens is 3. The first-order valence-electron chi connectivity index (χ1n) is 3.52. The predicted octanol–water partition coefficient (Wildman–Crippen LogP) is 3.83. The van der Waals surface area contributed by atoms with Gasteiger partial charge in [-0.1, -0.05) is 20.4 Å². The van der Waals surface area contributed by atoms with Gasteiger partial charge in [0.1, 0.15) is 11.7 Å². The molecule has 0 rings (SSSR count). The second kappa shape index (κ2) is 4.80. The monoisotopic (exact) mass is 176 g/mol. The molecule has 0 aromatic carbocycles. The first-order chi connectivity index (χ1) is 5.50. The summed E-state index contributed by atoms with van der Waals surface area (Å²) in [5.74, 6) is -2.13. The quantitative estimate of drug-likeness (QED) is 0.573. The Morgan fingerprint density at radius 3 is 2.08 bits per heavy atom. The topological polar surface area (TPSA) is 0 Å². The summed E-state index contributed by atoms with van der Waals surface area (Å²) in [4.78, 5) is 0. The average molecular weight is 176 g/mol. The molecule has 0 N–H and O–H groups in total. The Labute approximate surface area is 70.1 Å². The summed E-state index contributed by atoms with van der Waals surface area (Å²) in [5, 5.41) is 0. The Hall–Kier alpha value is -0.990. The number of hydrogen-bond acceptors (Lipinski definition) is 0. The van der Waals surface area contributed by atoms with E-state index in [-0.39, 0.29) is 17.8 Å². The maximum absolute atomic E-state index is 12.8. The minimum Gasteiger partial charge on any atom is -0.215 e. The molecule has 0 radical (unpaired) electrons. The summed E-state index contributed by atoms with van der Waals surface area (Å²) in [6.07, 6.45) is 0.598. The van der Waals surface area contributed by atoms with Gasteiger partial charge in [-0.2, -0.15) is 0 Å². The highest BCUT2D eigenvalue weighted by atomic mass is 19.1. The Bertz CT molecular complexity index is 224. The predicted molar refractivity (Wildman–Crippen MR) is 43.5 cm³/mol. The Morgan fingerprint density at radius 2 is 1.83 bits per heavy atom. The van der Waals surface area contributed by atoms with E-state index in [0.29, 0.717) is 6.08 Å². The van der Waals surface area contributed by atoms with E-state index in [0.717, 1.165) is 0 Å². The van der Waals surface area contributed by atoms with Crippen LogP contribution >= 0.6 is 0 Å². The van der Waals surface area contributed by atoms with Crippen LogP contribution in [-0.4, -0.2) is 0 Å². The van der Waals surface area contributed by atoms with Gasteiger partial charge in [-0.3, -0.25) is 0 Å². The van der Waals surface area contributed by atoms with Gasteiger partial charge in [-0.25, -0.2) is 13.2 Å². The van der Waals surface area contributed by atoms with E-state index >= 15 is 0 Å². The van der Waals surface area contributed by atoms with Crippen LogP contribution in [0.5, 0.6) is 0 Å². The van der Waals surface area contributed by atoms with Gasteiger partial charge in [0, 0.05) is 11.6 Å². The van der Waals surface area contributed by atoms with Crippen LogP contribution in [0, 0.1) is 5.92 Å². The molecule has 0 aliphatic rings. The number of hydrogen-bond donors (Lipinski definition) is 0. The standard InChI is InChI=1S/C9H11F3/c1-6(2)9(7(3)11)8(12)4-5-10/h4-6H,3H2,1-2H3. The van der Waals surface area contributed by atoms with E-state index in [9.17, 15) is 13.2 Å². The summed E-state index contributed by atoms with van der Waals surface area (Å²) in [7, 11) is 0. The van der Waals surface area contributed by atoms with Crippen molar-refractivity contribution in [1.29, 1.82) is 0 Å². The minimum atomic E-state index is -0.917. The summed E-state index contributed by atoms with van der Waals surface area (Å²) < 4.78 is 36.9. The summed E-state index contributed by atoms with van der Waals surface area (Å²) >= 11 is 0. The molecule has 0 aromatic rings. The largest absolute Gasteiger partial charge is 0.215 e. The highest BCUT2D eigenvalue weighted by Gasteiger charge is 2.12. The molecule has 0 saturated heterocycles. The SMILES string of the molecule is C=C(F)C(=C(F)C=CF)C(C)C. The summed E-state index contributed by atoms with van der Waals surface area (Å²) in [6.45, 7) is 6.17. The summed E-state index contributed by atoms with van der Waals surface area (Å²) in [5.41, 5.74) is -0.191. The molecule has 0 nitrogen and oxygen atoms in total. The Morgan fingerprint density at radius 1 is 1.33 bits per heavy atom. The Kier molecular flexibility index (Phi) is 4.40. The molecular weight excluding hydrogens is 165 g/mol. The fourth-order valence-corrected chi connectivity index (χ4v) is 0.864. The van der Waals surface area contributed by atoms with E-state index in [2.05, 4.69) is 6.58 Å². The van der Waals surface area contributed by atoms with Crippen LogP contribution in [-0.2, 0) is 0 Å². The molecule has 12 heavy (non-hydrogen) atoms. The van der Waals surface area contributed by atoms with Gasteiger partial charge in [-0.05, 0) is 5.92 Å². The zero-order chi connectivity index (χ0) is 9.72. The maximum atomic E-state index is 12.8. The third-order valence-electron chi connectivity index (χ3n) is 1.34. The molecule has 0 saturated carbocycles. The molecule has 0 aliphatic carbocycles. The molecule has 0 aromatic heterocycles. The van der Waals surface area contributed by atoms with Crippen molar-refractivity contribution in [3.63, 3.8) is 0 Å². The minimum absolute atomic E-state index is 0.0284. The first kappa shape index (κ1) is 11.0. The fraction of sp³-hybridized carbons (Fsp3) is 0.333. The van der Waals surface area contributed by atoms with Gasteiger partial charge < -0.3 is 0 Å². The van der Waals surface area contributed by atoms with Crippen molar-refractivity contribution in [2.75, 3.05) is 0 Å². The van der Waals surface area contributed by atoms with Crippen LogP contribution in [0.2, 0.25) is 0 Å². The van der Waals surface area contributed by atoms with Crippen LogP contribution in [0.15, 0.2) is 36.2 Å². The van der Waals surface area contributed by atoms with E-state index in [1.807, 2.05) is 0 Å². The normalized spacial score (nSPS) is 13.8. The first-order valence-corrected chi connectivity index (χ1v) is 3.52. The van der Waals surface area contributed by atoms with Crippen molar-refractivity contribution in [3.05, 3.63) is 36.2 Å². The average Bonchev–Trinajstić information content (AvgIpc) is 1.85. The van der Waals surface area contributed by atoms with E-state index in [1.165, 1.54) is 0 Å². The van der Waals surface area contributed by atoms with Gasteiger partial charge in [0.05, 0.1) is 6.33 Å². The Balaban J connectivity index is 4.93. The zero-order valence-corrected chi connectivity index (χ0v) is 7.07. The molecule has 3 heteroatoms. The summed E-state index contributed by atoms with van der Waals surface area (Å²) in [6, 6.07) is 0. The van der Waals surface area contributed by atoms with Crippen molar-refractivity contribution in [2.45, 2.75) is 13.8 Å². The molecule has 0 fully saturated rings. The van der Waals surface area contributed by atoms with Crippen LogP contribution < -0.4 is 0 Å². The lowest BCUT2D eigenvalue weighted by Gasteiger charge is -2.07. The lowest BCUT2D eigenvalue weighted by molar-refractivity contribution is 0.565. The molecule has 0 unspecified atom stereocenters. The smallest absolute Gasteiger partial charge is 0.131 e. The van der Waals surface area contributed by atoms with Gasteiger partial charge in [-0.15, -0.1) is 0 Å². The molecule has 68 valence electrons. The van der Waals surface area contributed by atoms with Crippen LogP contribution in [0.3, 0.4) is 0 Å². The molecule has 0 bridgehead atoms. The lowest BCUT2D eigenvalue weighted by atomic mass is 10.0. The molecule has 0 aliphatic heterocycles. The molecule has 0 atom stereocenters. The maximum Gasteiger partial charge on any atom is 0.131 e. The third-order valence-corrected chi connectivity index (χ3v) is 1.34. The van der Waals surface area contributed by atoms with Gasteiger partial charge >= 0.3 is 0 Å². The highest BCUT2D eigenvalue weighted by Crippen LogP contribution is 2.24. The molecule has 0 spiro atoms. The highest BCUT2D eigenvalue weighted by molar-refractivity contribution is 5.32. The van der Waals surface area contributed by atoms with Crippen LogP contribution in [0.1, 0.15) is 13.8 Å². The van der Waals surface area contributed by atoms with Crippen molar-refractivity contribution in [3.8, 4) is 0 Å². The van der Waals surface area contributed by atoms with Gasteiger partial charge in [0.2, 0.25) is 0 Å². The number of allylic oxidation sites excluding steroid dienone is 4. The van der Waals surface area contributed by atoms with Crippen molar-refractivity contribution in [2.24, 2.45) is 5.92 Å². The zero-order valence-electron chi connectivity index (χ0n) is 7.07. The van der Waals surface area contributed by atoms with Gasteiger partial charge in [0.25, 0.3) is 0 Å².